The van der Waals surface area contributed by atoms with Crippen molar-refractivity contribution in [2.45, 2.75) is 37.3 Å². The number of rotatable bonds is 3. The Hall–Kier alpha value is -2.27. The number of amides is 1. The van der Waals surface area contributed by atoms with Gasteiger partial charge in [-0.1, -0.05) is 12.1 Å². The highest BCUT2D eigenvalue weighted by Gasteiger charge is 2.48. The second kappa shape index (κ2) is 6.32. The molecule has 1 N–H and O–H groups in total. The molecule has 124 valence electrons. The fraction of sp³-hybridized carbons (Fsp3) is 0.421. The van der Waals surface area contributed by atoms with Gasteiger partial charge >= 0.3 is 0 Å². The third-order valence-corrected chi connectivity index (χ3v) is 5.39. The molecule has 1 unspecified atom stereocenters. The Morgan fingerprint density at radius 1 is 1.17 bits per heavy atom. The highest BCUT2D eigenvalue weighted by atomic mass is 16.2. The van der Waals surface area contributed by atoms with Crippen LogP contribution < -0.4 is 5.32 Å². The minimum absolute atomic E-state index is 0.110. The first-order valence-electron chi connectivity index (χ1n) is 8.58. The summed E-state index contributed by atoms with van der Waals surface area (Å²) in [7, 11) is 0. The lowest BCUT2D eigenvalue weighted by molar-refractivity contribution is -0.120. The number of pyridine rings is 2. The molecule has 2 fully saturated rings. The molecule has 0 aliphatic carbocycles. The van der Waals surface area contributed by atoms with Gasteiger partial charge in [0.15, 0.2) is 0 Å². The van der Waals surface area contributed by atoms with Gasteiger partial charge in [-0.25, -0.2) is 0 Å². The van der Waals surface area contributed by atoms with Crippen molar-refractivity contribution in [2.24, 2.45) is 0 Å². The number of nitrogens with one attached hydrogen (secondary N) is 1. The first-order chi connectivity index (χ1) is 11.8. The molecule has 24 heavy (non-hydrogen) atoms. The van der Waals surface area contributed by atoms with Gasteiger partial charge < -0.3 is 5.32 Å². The lowest BCUT2D eigenvalue weighted by atomic mass is 9.75. The van der Waals surface area contributed by atoms with Crippen molar-refractivity contribution in [1.29, 1.82) is 0 Å². The van der Waals surface area contributed by atoms with Gasteiger partial charge in [0.25, 0.3) is 0 Å². The normalized spacial score (nSPS) is 23.3. The van der Waals surface area contributed by atoms with E-state index in [0.29, 0.717) is 6.42 Å². The molecule has 2 aliphatic rings. The van der Waals surface area contributed by atoms with E-state index in [9.17, 15) is 4.79 Å². The molecule has 2 aliphatic heterocycles. The Kier molecular flexibility index (Phi) is 4.02. The molecule has 1 atom stereocenters. The molecule has 0 aromatic carbocycles. The maximum atomic E-state index is 12.1. The number of carbonyl (C=O) groups excluding carboxylic acids is 1. The Morgan fingerprint density at radius 2 is 2.04 bits per heavy atom. The standard InChI is InChI=1S/C19H22N4O/c24-18-12-17(15-4-3-8-20-13-15)19(22-18)6-10-23(11-7-19)14-16-5-1-2-9-21-16/h1-5,8-9,13,17H,6-7,10-12,14H2,(H,22,24). The first-order valence-corrected chi connectivity index (χ1v) is 8.58. The van der Waals surface area contributed by atoms with E-state index in [2.05, 4.69) is 32.3 Å². The summed E-state index contributed by atoms with van der Waals surface area (Å²) in [6, 6.07) is 10.1. The minimum atomic E-state index is -0.110. The van der Waals surface area contributed by atoms with Crippen LogP contribution in [0.25, 0.3) is 0 Å². The zero-order valence-corrected chi connectivity index (χ0v) is 13.7. The molecule has 1 spiro atoms. The van der Waals surface area contributed by atoms with E-state index in [1.54, 1.807) is 6.20 Å². The molecule has 1 amide bonds. The molecule has 2 aromatic rings. The van der Waals surface area contributed by atoms with E-state index in [1.165, 1.54) is 5.56 Å². The van der Waals surface area contributed by atoms with Crippen molar-refractivity contribution >= 4 is 5.91 Å². The number of piperidine rings is 1. The maximum absolute atomic E-state index is 12.1. The molecule has 5 nitrogen and oxygen atoms in total. The molecule has 0 saturated carbocycles. The average Bonchev–Trinajstić information content (AvgIpc) is 2.95. The van der Waals surface area contributed by atoms with Crippen molar-refractivity contribution in [3.8, 4) is 0 Å². The molecule has 4 heterocycles. The van der Waals surface area contributed by atoms with E-state index >= 15 is 0 Å². The summed E-state index contributed by atoms with van der Waals surface area (Å²) in [5.41, 5.74) is 2.17. The van der Waals surface area contributed by atoms with Gasteiger partial charge in [0.05, 0.1) is 5.69 Å². The van der Waals surface area contributed by atoms with E-state index in [4.69, 9.17) is 0 Å². The van der Waals surface area contributed by atoms with Crippen LogP contribution in [0.5, 0.6) is 0 Å². The monoisotopic (exact) mass is 322 g/mol. The molecule has 4 rings (SSSR count). The van der Waals surface area contributed by atoms with Crippen LogP contribution in [0.4, 0.5) is 0 Å². The van der Waals surface area contributed by atoms with Crippen molar-refractivity contribution in [3.05, 3.63) is 60.2 Å². The van der Waals surface area contributed by atoms with Crippen molar-refractivity contribution in [3.63, 3.8) is 0 Å². The second-order valence-corrected chi connectivity index (χ2v) is 6.84. The lowest BCUT2D eigenvalue weighted by Gasteiger charge is -2.42. The van der Waals surface area contributed by atoms with Crippen molar-refractivity contribution in [2.75, 3.05) is 13.1 Å². The van der Waals surface area contributed by atoms with Crippen LogP contribution >= 0.6 is 0 Å². The van der Waals surface area contributed by atoms with Gasteiger partial charge in [0.1, 0.15) is 0 Å². The zero-order chi connectivity index (χ0) is 16.4. The van der Waals surface area contributed by atoms with E-state index in [0.717, 1.165) is 38.2 Å². The zero-order valence-electron chi connectivity index (χ0n) is 13.7. The molecular formula is C19H22N4O. The molecule has 2 aromatic heterocycles. The quantitative estimate of drug-likeness (QED) is 0.940. The highest BCUT2D eigenvalue weighted by molar-refractivity contribution is 5.81. The molecule has 2 saturated heterocycles. The number of carbonyl (C=O) groups is 1. The number of nitrogens with zero attached hydrogens (tertiary/aromatic N) is 3. The van der Waals surface area contributed by atoms with Crippen LogP contribution in [0, 0.1) is 0 Å². The predicted octanol–water partition coefficient (Wildman–Crippen LogP) is 2.11. The Morgan fingerprint density at radius 3 is 2.75 bits per heavy atom. The molecule has 0 radical (unpaired) electrons. The summed E-state index contributed by atoms with van der Waals surface area (Å²) in [5.74, 6) is 0.401. The van der Waals surface area contributed by atoms with Gasteiger partial charge in [-0.2, -0.15) is 0 Å². The molecular weight excluding hydrogens is 300 g/mol. The fourth-order valence-corrected chi connectivity index (χ4v) is 4.12. The summed E-state index contributed by atoms with van der Waals surface area (Å²) in [6.07, 6.45) is 8.07. The largest absolute Gasteiger partial charge is 0.350 e. The fourth-order valence-electron chi connectivity index (χ4n) is 4.12. The van der Waals surface area contributed by atoms with Crippen molar-refractivity contribution < 1.29 is 4.79 Å². The highest BCUT2D eigenvalue weighted by Crippen LogP contribution is 2.42. The Balaban J connectivity index is 1.47. The van der Waals surface area contributed by atoms with Crippen LogP contribution in [0.1, 0.15) is 36.4 Å². The van der Waals surface area contributed by atoms with Crippen LogP contribution in [0.2, 0.25) is 0 Å². The van der Waals surface area contributed by atoms with Crippen LogP contribution in [-0.2, 0) is 11.3 Å². The SMILES string of the molecule is O=C1CC(c2cccnc2)C2(CCN(Cc3ccccn3)CC2)N1. The predicted molar refractivity (Wildman–Crippen MR) is 91.2 cm³/mol. The topological polar surface area (TPSA) is 58.1 Å². The Labute approximate surface area is 142 Å². The summed E-state index contributed by atoms with van der Waals surface area (Å²) in [4.78, 5) is 23.2. The Bertz CT molecular complexity index is 696. The number of hydrogen-bond donors (Lipinski definition) is 1. The molecule has 0 bridgehead atoms. The number of aromatic nitrogens is 2. The first kappa shape index (κ1) is 15.3. The third kappa shape index (κ3) is 2.91. The van der Waals surface area contributed by atoms with Gasteiger partial charge in [-0.15, -0.1) is 0 Å². The number of hydrogen-bond acceptors (Lipinski definition) is 4. The van der Waals surface area contributed by atoms with Crippen molar-refractivity contribution in [1.82, 2.24) is 20.2 Å². The van der Waals surface area contributed by atoms with Gasteiger partial charge in [-0.05, 0) is 36.6 Å². The van der Waals surface area contributed by atoms with E-state index < -0.39 is 0 Å². The molecule has 5 heteroatoms. The summed E-state index contributed by atoms with van der Waals surface area (Å²) in [5, 5.41) is 3.29. The van der Waals surface area contributed by atoms with Crippen LogP contribution in [0.3, 0.4) is 0 Å². The number of likely N-dealkylation sites (tertiary alicyclic amines) is 1. The van der Waals surface area contributed by atoms with E-state index in [1.807, 2.05) is 30.6 Å². The van der Waals surface area contributed by atoms with E-state index in [-0.39, 0.29) is 17.4 Å². The van der Waals surface area contributed by atoms with Crippen LogP contribution in [-0.4, -0.2) is 39.4 Å². The summed E-state index contributed by atoms with van der Waals surface area (Å²) in [6.45, 7) is 2.84. The van der Waals surface area contributed by atoms with Gasteiger partial charge in [0, 0.05) is 56.1 Å². The maximum Gasteiger partial charge on any atom is 0.221 e. The van der Waals surface area contributed by atoms with Gasteiger partial charge in [-0.3, -0.25) is 19.7 Å². The lowest BCUT2D eigenvalue weighted by Crippen LogP contribution is -2.53. The second-order valence-electron chi connectivity index (χ2n) is 6.84. The smallest absolute Gasteiger partial charge is 0.221 e. The third-order valence-electron chi connectivity index (χ3n) is 5.39. The van der Waals surface area contributed by atoms with Gasteiger partial charge in [0.2, 0.25) is 5.91 Å². The van der Waals surface area contributed by atoms with Crippen LogP contribution in [0.15, 0.2) is 48.9 Å². The summed E-state index contributed by atoms with van der Waals surface area (Å²) < 4.78 is 0. The summed E-state index contributed by atoms with van der Waals surface area (Å²) >= 11 is 0. The average molecular weight is 322 g/mol. The minimum Gasteiger partial charge on any atom is -0.350 e.